The molecule has 0 aliphatic rings. The number of nitrogens with zero attached hydrogens (tertiary/aromatic N) is 1. The number of pyridine rings is 1. The summed E-state index contributed by atoms with van der Waals surface area (Å²) in [6, 6.07) is 4.92. The predicted molar refractivity (Wildman–Crippen MR) is 106 cm³/mol. The number of hydrogen-bond donors (Lipinski definition) is 1. The summed E-state index contributed by atoms with van der Waals surface area (Å²) in [6.07, 6.45) is -7.61. The van der Waals surface area contributed by atoms with Crippen LogP contribution in [0.4, 0.5) is 26.3 Å². The first-order chi connectivity index (χ1) is 14.3. The van der Waals surface area contributed by atoms with E-state index in [4.69, 9.17) is 34.8 Å². The molecule has 1 aromatic heterocycles. The number of hydrogen-bond acceptors (Lipinski definition) is 2. The molecule has 1 N–H and O–H groups in total. The van der Waals surface area contributed by atoms with Crippen LogP contribution in [0.15, 0.2) is 36.5 Å². The lowest BCUT2D eigenvalue weighted by Gasteiger charge is -2.18. The van der Waals surface area contributed by atoms with Gasteiger partial charge < -0.3 is 5.32 Å². The summed E-state index contributed by atoms with van der Waals surface area (Å²) in [6.45, 7) is -0.258. The number of alkyl halides is 6. The summed E-state index contributed by atoms with van der Waals surface area (Å²) >= 11 is 17.4. The third-order valence-corrected chi connectivity index (χ3v) is 5.07. The van der Waals surface area contributed by atoms with E-state index in [2.05, 4.69) is 10.3 Å². The van der Waals surface area contributed by atoms with E-state index in [0.29, 0.717) is 5.56 Å². The minimum absolute atomic E-state index is 0.0564. The van der Waals surface area contributed by atoms with E-state index in [-0.39, 0.29) is 32.9 Å². The highest BCUT2D eigenvalue weighted by molar-refractivity contribution is 6.48. The van der Waals surface area contributed by atoms with Gasteiger partial charge in [-0.2, -0.15) is 26.3 Å². The first kappa shape index (κ1) is 25.3. The summed E-state index contributed by atoms with van der Waals surface area (Å²) in [5.41, 5.74) is 0.321. The molecule has 0 fully saturated rings. The Bertz CT molecular complexity index is 936. The van der Waals surface area contributed by atoms with Crippen LogP contribution in [0.25, 0.3) is 6.08 Å². The maximum atomic E-state index is 13.5. The van der Waals surface area contributed by atoms with Crippen LogP contribution in [0.3, 0.4) is 0 Å². The summed E-state index contributed by atoms with van der Waals surface area (Å²) in [7, 11) is 0. The van der Waals surface area contributed by atoms with Crippen LogP contribution in [0.5, 0.6) is 0 Å². The zero-order chi connectivity index (χ0) is 23.4. The van der Waals surface area contributed by atoms with Crippen LogP contribution < -0.4 is 5.32 Å². The summed E-state index contributed by atoms with van der Waals surface area (Å²) in [5.74, 6) is -3.24. The van der Waals surface area contributed by atoms with E-state index in [9.17, 15) is 31.1 Å². The molecule has 0 bridgehead atoms. The van der Waals surface area contributed by atoms with E-state index < -0.39 is 30.6 Å². The van der Waals surface area contributed by atoms with Crippen LogP contribution in [-0.2, 0) is 11.3 Å². The number of amides is 1. The fourth-order valence-electron chi connectivity index (χ4n) is 2.44. The minimum atomic E-state index is -4.65. The van der Waals surface area contributed by atoms with Crippen molar-refractivity contribution in [2.24, 2.45) is 0 Å². The number of rotatable bonds is 6. The SMILES string of the molecule is O=C(CC(F)(F)F)NCc1ccc(/C=C/C(c2cc(Cl)c(Cl)c(Cl)c2)C(F)(F)F)cn1. The highest BCUT2D eigenvalue weighted by Crippen LogP contribution is 2.41. The third kappa shape index (κ3) is 7.90. The highest BCUT2D eigenvalue weighted by atomic mass is 35.5. The number of halogens is 9. The summed E-state index contributed by atoms with van der Waals surface area (Å²) in [4.78, 5) is 15.1. The molecular formula is C19H13Cl3F6N2O. The molecule has 1 heterocycles. The minimum Gasteiger partial charge on any atom is -0.350 e. The molecule has 31 heavy (non-hydrogen) atoms. The number of carbonyl (C=O) groups excluding carboxylic acids is 1. The molecule has 1 amide bonds. The first-order valence-corrected chi connectivity index (χ1v) is 9.57. The van der Waals surface area contributed by atoms with Gasteiger partial charge in [-0.1, -0.05) is 53.0 Å². The Morgan fingerprint density at radius 1 is 1.06 bits per heavy atom. The zero-order valence-corrected chi connectivity index (χ0v) is 17.6. The molecule has 0 aliphatic carbocycles. The predicted octanol–water partition coefficient (Wildman–Crippen LogP) is 6.97. The number of allylic oxidation sites excluding steroid dienone is 1. The zero-order valence-electron chi connectivity index (χ0n) is 15.3. The number of benzene rings is 1. The van der Waals surface area contributed by atoms with Crippen molar-refractivity contribution in [3.05, 3.63) is 68.4 Å². The highest BCUT2D eigenvalue weighted by Gasteiger charge is 2.39. The molecule has 3 nitrogen and oxygen atoms in total. The number of nitrogens with one attached hydrogen (secondary N) is 1. The Hall–Kier alpha value is -1.97. The van der Waals surface area contributed by atoms with E-state index in [0.717, 1.165) is 18.2 Å². The molecule has 1 aromatic carbocycles. The van der Waals surface area contributed by atoms with Gasteiger partial charge in [0.2, 0.25) is 5.91 Å². The Kier molecular flexibility index (Phi) is 8.24. The van der Waals surface area contributed by atoms with Crippen molar-refractivity contribution in [3.63, 3.8) is 0 Å². The fraction of sp³-hybridized carbons (Fsp3) is 0.263. The molecule has 168 valence electrons. The average Bonchev–Trinajstić information content (AvgIpc) is 2.63. The lowest BCUT2D eigenvalue weighted by atomic mass is 9.97. The molecule has 0 saturated carbocycles. The third-order valence-electron chi connectivity index (χ3n) is 3.87. The quantitative estimate of drug-likeness (QED) is 0.340. The molecule has 0 radical (unpaired) electrons. The molecule has 2 aromatic rings. The van der Waals surface area contributed by atoms with Crippen molar-refractivity contribution in [2.75, 3.05) is 0 Å². The van der Waals surface area contributed by atoms with E-state index in [1.807, 2.05) is 0 Å². The lowest BCUT2D eigenvalue weighted by molar-refractivity contribution is -0.153. The van der Waals surface area contributed by atoms with Crippen molar-refractivity contribution < 1.29 is 31.1 Å². The maximum Gasteiger partial charge on any atom is 0.399 e. The molecule has 12 heteroatoms. The van der Waals surface area contributed by atoms with E-state index in [1.165, 1.54) is 24.4 Å². The molecule has 2 rings (SSSR count). The van der Waals surface area contributed by atoms with E-state index in [1.54, 1.807) is 0 Å². The van der Waals surface area contributed by atoms with Gasteiger partial charge in [0.25, 0.3) is 0 Å². The van der Waals surface area contributed by atoms with Gasteiger partial charge in [0.05, 0.1) is 33.2 Å². The van der Waals surface area contributed by atoms with Gasteiger partial charge in [-0.15, -0.1) is 0 Å². The monoisotopic (exact) mass is 504 g/mol. The van der Waals surface area contributed by atoms with E-state index >= 15 is 0 Å². The van der Waals surface area contributed by atoms with Crippen LogP contribution in [0.1, 0.15) is 29.2 Å². The number of aromatic nitrogens is 1. The molecule has 0 saturated heterocycles. The van der Waals surface area contributed by atoms with Crippen molar-refractivity contribution in [2.45, 2.75) is 31.2 Å². The van der Waals surface area contributed by atoms with Crippen LogP contribution in [0.2, 0.25) is 15.1 Å². The summed E-state index contributed by atoms with van der Waals surface area (Å²) in [5, 5.41) is 1.76. The molecule has 0 spiro atoms. The maximum absolute atomic E-state index is 13.5. The van der Waals surface area contributed by atoms with Crippen molar-refractivity contribution in [3.8, 4) is 0 Å². The van der Waals surface area contributed by atoms with Gasteiger partial charge >= 0.3 is 12.4 Å². The smallest absolute Gasteiger partial charge is 0.350 e. The van der Waals surface area contributed by atoms with Crippen molar-refractivity contribution >= 4 is 46.8 Å². The van der Waals surface area contributed by atoms with Crippen molar-refractivity contribution in [1.82, 2.24) is 10.3 Å². The summed E-state index contributed by atoms with van der Waals surface area (Å²) < 4.78 is 76.9. The van der Waals surface area contributed by atoms with Gasteiger partial charge in [-0.05, 0) is 29.3 Å². The van der Waals surface area contributed by atoms with Gasteiger partial charge in [-0.3, -0.25) is 9.78 Å². The first-order valence-electron chi connectivity index (χ1n) is 8.44. The van der Waals surface area contributed by atoms with Crippen LogP contribution in [0, 0.1) is 0 Å². The second-order valence-corrected chi connectivity index (χ2v) is 7.52. The molecular weight excluding hydrogens is 493 g/mol. The molecule has 1 unspecified atom stereocenters. The average molecular weight is 506 g/mol. The van der Waals surface area contributed by atoms with Crippen LogP contribution in [-0.4, -0.2) is 23.2 Å². The normalized spacial score (nSPS) is 13.5. The Labute approximate surface area is 188 Å². The van der Waals surface area contributed by atoms with Crippen molar-refractivity contribution in [1.29, 1.82) is 0 Å². The van der Waals surface area contributed by atoms with Gasteiger partial charge in [0.15, 0.2) is 0 Å². The number of carbonyl (C=O) groups is 1. The standard InChI is InChI=1S/C19H13Cl3F6N2O/c20-14-5-11(6-15(21)17(14)22)13(19(26,27)28)4-2-10-1-3-12(29-8-10)9-30-16(31)7-18(23,24)25/h1-6,8,13H,7,9H2,(H,30,31)/b4-2+. The molecule has 1 atom stereocenters. The van der Waals surface area contributed by atoms with Gasteiger partial charge in [0, 0.05) is 6.20 Å². The Morgan fingerprint density at radius 3 is 2.16 bits per heavy atom. The fourth-order valence-corrected chi connectivity index (χ4v) is 3.06. The second kappa shape index (κ2) is 10.1. The lowest BCUT2D eigenvalue weighted by Crippen LogP contribution is -2.28. The largest absolute Gasteiger partial charge is 0.399 e. The topological polar surface area (TPSA) is 42.0 Å². The second-order valence-electron chi connectivity index (χ2n) is 6.33. The van der Waals surface area contributed by atoms with Gasteiger partial charge in [0.1, 0.15) is 6.42 Å². The van der Waals surface area contributed by atoms with Crippen LogP contribution >= 0.6 is 34.8 Å². The molecule has 0 aliphatic heterocycles. The Balaban J connectivity index is 2.12. The van der Waals surface area contributed by atoms with Gasteiger partial charge in [-0.25, -0.2) is 0 Å². The Morgan fingerprint density at radius 2 is 1.68 bits per heavy atom.